The van der Waals surface area contributed by atoms with Gasteiger partial charge in [-0.15, -0.1) is 4.91 Å². The average molecular weight is 149 g/mol. The lowest BCUT2D eigenvalue weighted by Gasteiger charge is -1.94. The molecule has 0 fully saturated rings. The van der Waals surface area contributed by atoms with Crippen LogP contribution in [0, 0.1) is 4.91 Å². The van der Waals surface area contributed by atoms with Crippen molar-refractivity contribution >= 4 is 5.84 Å². The average Bonchev–Trinajstić information content (AvgIpc) is 2.07. The molecular weight excluding hydrogens is 142 g/mol. The maximum absolute atomic E-state index is 9.67. The zero-order chi connectivity index (χ0) is 8.10. The van der Waals surface area contributed by atoms with Crippen LogP contribution in [0.3, 0.4) is 0 Å². The van der Waals surface area contributed by atoms with Crippen LogP contribution in [-0.2, 0) is 0 Å². The molecule has 0 unspecified atom stereocenters. The SMILES string of the molecule is N/C(=N\N=O)c1ccccc1. The van der Waals surface area contributed by atoms with Gasteiger partial charge in [0.1, 0.15) is 0 Å². The second-order valence-electron chi connectivity index (χ2n) is 1.93. The molecule has 0 bridgehead atoms. The molecule has 0 saturated carbocycles. The summed E-state index contributed by atoms with van der Waals surface area (Å²) in [5.41, 5.74) is 6.06. The fourth-order valence-electron chi connectivity index (χ4n) is 0.711. The van der Waals surface area contributed by atoms with Crippen LogP contribution in [0.1, 0.15) is 5.56 Å². The van der Waals surface area contributed by atoms with Crippen molar-refractivity contribution in [1.82, 2.24) is 0 Å². The molecule has 4 heteroatoms. The van der Waals surface area contributed by atoms with Crippen molar-refractivity contribution in [2.45, 2.75) is 0 Å². The van der Waals surface area contributed by atoms with Gasteiger partial charge in [0.05, 0.1) is 5.29 Å². The number of benzene rings is 1. The van der Waals surface area contributed by atoms with Crippen LogP contribution in [0.15, 0.2) is 40.7 Å². The van der Waals surface area contributed by atoms with Gasteiger partial charge in [0.25, 0.3) is 0 Å². The van der Waals surface area contributed by atoms with Crippen LogP contribution in [0.2, 0.25) is 0 Å². The number of hydrogen-bond donors (Lipinski definition) is 1. The molecule has 0 aliphatic rings. The summed E-state index contributed by atoms with van der Waals surface area (Å²) in [6, 6.07) is 8.98. The minimum atomic E-state index is 0.139. The Kier molecular flexibility index (Phi) is 2.32. The topological polar surface area (TPSA) is 67.8 Å². The van der Waals surface area contributed by atoms with Gasteiger partial charge in [-0.2, -0.15) is 0 Å². The number of nitrogens with zero attached hydrogens (tertiary/aromatic N) is 2. The van der Waals surface area contributed by atoms with Crippen molar-refractivity contribution in [3.63, 3.8) is 0 Å². The zero-order valence-electron chi connectivity index (χ0n) is 5.77. The highest BCUT2D eigenvalue weighted by Gasteiger charge is 1.94. The highest BCUT2D eigenvalue weighted by Crippen LogP contribution is 1.97. The molecule has 0 aliphatic carbocycles. The van der Waals surface area contributed by atoms with Gasteiger partial charge in [0.2, 0.25) is 0 Å². The van der Waals surface area contributed by atoms with Gasteiger partial charge in [-0.25, -0.2) is 0 Å². The molecular formula is C7H7N3O. The van der Waals surface area contributed by atoms with Crippen LogP contribution < -0.4 is 5.73 Å². The third-order valence-corrected chi connectivity index (χ3v) is 1.22. The van der Waals surface area contributed by atoms with Crippen LogP contribution in [-0.4, -0.2) is 5.84 Å². The second-order valence-corrected chi connectivity index (χ2v) is 1.93. The fourth-order valence-corrected chi connectivity index (χ4v) is 0.711. The Morgan fingerprint density at radius 1 is 1.27 bits per heavy atom. The summed E-state index contributed by atoms with van der Waals surface area (Å²) in [7, 11) is 0. The van der Waals surface area contributed by atoms with E-state index in [2.05, 4.69) is 10.4 Å². The quantitative estimate of drug-likeness (QED) is 0.296. The summed E-state index contributed by atoms with van der Waals surface area (Å²) < 4.78 is 0. The first kappa shape index (κ1) is 7.40. The van der Waals surface area contributed by atoms with E-state index >= 15 is 0 Å². The molecule has 4 nitrogen and oxygen atoms in total. The minimum Gasteiger partial charge on any atom is -0.382 e. The van der Waals surface area contributed by atoms with E-state index in [4.69, 9.17) is 5.73 Å². The summed E-state index contributed by atoms with van der Waals surface area (Å²) in [5, 5.41) is 5.48. The Morgan fingerprint density at radius 2 is 1.91 bits per heavy atom. The van der Waals surface area contributed by atoms with Crippen molar-refractivity contribution in [2.24, 2.45) is 16.1 Å². The van der Waals surface area contributed by atoms with E-state index in [0.29, 0.717) is 5.56 Å². The lowest BCUT2D eigenvalue weighted by atomic mass is 10.2. The van der Waals surface area contributed by atoms with Gasteiger partial charge in [-0.05, 0) is 0 Å². The molecule has 0 heterocycles. The van der Waals surface area contributed by atoms with Crippen molar-refractivity contribution in [3.05, 3.63) is 40.8 Å². The molecule has 0 spiro atoms. The van der Waals surface area contributed by atoms with E-state index in [-0.39, 0.29) is 5.84 Å². The van der Waals surface area contributed by atoms with Crippen molar-refractivity contribution in [2.75, 3.05) is 0 Å². The Morgan fingerprint density at radius 3 is 2.45 bits per heavy atom. The fraction of sp³-hybridized carbons (Fsp3) is 0. The van der Waals surface area contributed by atoms with Crippen molar-refractivity contribution < 1.29 is 0 Å². The molecule has 0 amide bonds. The van der Waals surface area contributed by atoms with Crippen molar-refractivity contribution in [3.8, 4) is 0 Å². The Labute approximate surface area is 63.7 Å². The molecule has 56 valence electrons. The van der Waals surface area contributed by atoms with E-state index < -0.39 is 0 Å². The van der Waals surface area contributed by atoms with Crippen LogP contribution in [0.25, 0.3) is 0 Å². The summed E-state index contributed by atoms with van der Waals surface area (Å²) in [6.07, 6.45) is 0. The Hall–Kier alpha value is -1.71. The predicted octanol–water partition coefficient (Wildman–Crippen LogP) is 1.07. The molecule has 2 N–H and O–H groups in total. The number of rotatable bonds is 2. The lowest BCUT2D eigenvalue weighted by molar-refractivity contribution is 1.20. The van der Waals surface area contributed by atoms with E-state index in [9.17, 15) is 4.91 Å². The largest absolute Gasteiger partial charge is 0.382 e. The van der Waals surface area contributed by atoms with Gasteiger partial charge >= 0.3 is 0 Å². The van der Waals surface area contributed by atoms with Crippen LogP contribution in [0.5, 0.6) is 0 Å². The first-order valence-corrected chi connectivity index (χ1v) is 3.06. The highest BCUT2D eigenvalue weighted by molar-refractivity contribution is 5.97. The molecule has 1 rings (SSSR count). The van der Waals surface area contributed by atoms with Gasteiger partial charge in [-0.3, -0.25) is 0 Å². The molecule has 1 aromatic carbocycles. The highest BCUT2D eigenvalue weighted by atomic mass is 16.3. The third kappa shape index (κ3) is 1.86. The molecule has 0 radical (unpaired) electrons. The van der Waals surface area contributed by atoms with Gasteiger partial charge in [0, 0.05) is 5.56 Å². The number of nitrogens with two attached hydrogens (primary N) is 1. The van der Waals surface area contributed by atoms with Gasteiger partial charge in [-0.1, -0.05) is 35.4 Å². The molecule has 0 aromatic heterocycles. The van der Waals surface area contributed by atoms with Crippen molar-refractivity contribution in [1.29, 1.82) is 0 Å². The second kappa shape index (κ2) is 3.46. The summed E-state index contributed by atoms with van der Waals surface area (Å²) in [4.78, 5) is 9.67. The lowest BCUT2D eigenvalue weighted by Crippen LogP contribution is -2.11. The Bertz CT molecular complexity index is 268. The molecule has 0 aliphatic heterocycles. The monoisotopic (exact) mass is 149 g/mol. The smallest absolute Gasteiger partial charge is 0.156 e. The molecule has 1 aromatic rings. The summed E-state index contributed by atoms with van der Waals surface area (Å²) in [5.74, 6) is 0.139. The normalized spacial score (nSPS) is 11.1. The Balaban J connectivity index is 2.94. The number of hydrogen-bond acceptors (Lipinski definition) is 2. The summed E-state index contributed by atoms with van der Waals surface area (Å²) >= 11 is 0. The van der Waals surface area contributed by atoms with Gasteiger partial charge < -0.3 is 5.73 Å². The van der Waals surface area contributed by atoms with Gasteiger partial charge in [0.15, 0.2) is 5.84 Å². The maximum atomic E-state index is 9.67. The van der Waals surface area contributed by atoms with E-state index in [0.717, 1.165) is 0 Å². The van der Waals surface area contributed by atoms with E-state index in [1.807, 2.05) is 18.2 Å². The molecule has 11 heavy (non-hydrogen) atoms. The van der Waals surface area contributed by atoms with Crippen LogP contribution in [0.4, 0.5) is 0 Å². The van der Waals surface area contributed by atoms with Crippen LogP contribution >= 0.6 is 0 Å². The summed E-state index contributed by atoms with van der Waals surface area (Å²) in [6.45, 7) is 0. The van der Waals surface area contributed by atoms with E-state index in [1.54, 1.807) is 12.1 Å². The zero-order valence-corrected chi connectivity index (χ0v) is 5.77. The minimum absolute atomic E-state index is 0.139. The number of nitroso groups, excluding NO2 is 1. The standard InChI is InChI=1S/C7H7N3O/c8-7(9-10-11)6-4-2-1-3-5-6/h1-5H,(H2,8,9,11). The third-order valence-electron chi connectivity index (χ3n) is 1.22. The first-order chi connectivity index (χ1) is 5.34. The predicted molar refractivity (Wildman–Crippen MR) is 43.0 cm³/mol. The van der Waals surface area contributed by atoms with E-state index in [1.165, 1.54) is 0 Å². The number of amidine groups is 1. The molecule has 0 saturated heterocycles. The molecule has 0 atom stereocenters. The first-order valence-electron chi connectivity index (χ1n) is 3.06. The maximum Gasteiger partial charge on any atom is 0.156 e.